The Morgan fingerprint density at radius 1 is 1.33 bits per heavy atom. The minimum absolute atomic E-state index is 0.485. The molecular weight excluding hydrogens is 262 g/mol. The zero-order valence-electron chi connectivity index (χ0n) is 12.5. The van der Waals surface area contributed by atoms with Gasteiger partial charge in [0, 0.05) is 23.5 Å². The Balaban J connectivity index is 1.92. The molecule has 21 heavy (non-hydrogen) atoms. The number of nitrogens with one attached hydrogen (secondary N) is 1. The number of rotatable bonds is 3. The summed E-state index contributed by atoms with van der Waals surface area (Å²) in [6.45, 7) is 4.92. The first-order chi connectivity index (χ1) is 10.2. The summed E-state index contributed by atoms with van der Waals surface area (Å²) in [6, 6.07) is 10.9. The van der Waals surface area contributed by atoms with E-state index in [1.54, 1.807) is 0 Å². The quantitative estimate of drug-likeness (QED) is 0.669. The van der Waals surface area contributed by atoms with Crippen LogP contribution in [0.4, 0.5) is 11.5 Å². The van der Waals surface area contributed by atoms with E-state index in [0.29, 0.717) is 18.4 Å². The maximum absolute atomic E-state index is 5.47. The van der Waals surface area contributed by atoms with Gasteiger partial charge in [0.05, 0.1) is 6.54 Å². The molecule has 5 nitrogen and oxygen atoms in total. The SMILES string of the molecule is Cc1cc(NN)nc(CN2c3ccccc3CCC2C)n1. The van der Waals surface area contributed by atoms with Gasteiger partial charge in [-0.2, -0.15) is 0 Å². The molecule has 2 aromatic rings. The van der Waals surface area contributed by atoms with Gasteiger partial charge in [-0.1, -0.05) is 18.2 Å². The molecule has 0 radical (unpaired) electrons. The lowest BCUT2D eigenvalue weighted by Crippen LogP contribution is -2.37. The largest absolute Gasteiger partial charge is 0.361 e. The van der Waals surface area contributed by atoms with Crippen molar-refractivity contribution in [2.24, 2.45) is 5.84 Å². The third-order valence-corrected chi connectivity index (χ3v) is 4.02. The molecule has 0 bridgehead atoms. The summed E-state index contributed by atoms with van der Waals surface area (Å²) in [6.07, 6.45) is 2.29. The summed E-state index contributed by atoms with van der Waals surface area (Å²) in [5.74, 6) is 6.93. The summed E-state index contributed by atoms with van der Waals surface area (Å²) >= 11 is 0. The molecule has 2 heterocycles. The molecule has 1 atom stereocenters. The van der Waals surface area contributed by atoms with Crippen LogP contribution in [0.1, 0.15) is 30.4 Å². The molecule has 1 aromatic carbocycles. The molecule has 0 saturated heterocycles. The van der Waals surface area contributed by atoms with Crippen LogP contribution in [0, 0.1) is 6.92 Å². The highest BCUT2D eigenvalue weighted by molar-refractivity contribution is 5.56. The molecular formula is C16H21N5. The topological polar surface area (TPSA) is 67.1 Å². The second-order valence-electron chi connectivity index (χ2n) is 5.60. The first kappa shape index (κ1) is 13.8. The number of nitrogens with two attached hydrogens (primary N) is 1. The van der Waals surface area contributed by atoms with Crippen LogP contribution >= 0.6 is 0 Å². The summed E-state index contributed by atoms with van der Waals surface area (Å²) in [7, 11) is 0. The zero-order valence-corrected chi connectivity index (χ0v) is 12.5. The van der Waals surface area contributed by atoms with Crippen molar-refractivity contribution >= 4 is 11.5 Å². The maximum atomic E-state index is 5.47. The van der Waals surface area contributed by atoms with E-state index in [0.717, 1.165) is 24.4 Å². The van der Waals surface area contributed by atoms with Crippen molar-refractivity contribution in [1.29, 1.82) is 0 Å². The molecule has 0 aliphatic carbocycles. The van der Waals surface area contributed by atoms with Crippen molar-refractivity contribution in [2.45, 2.75) is 39.3 Å². The standard InChI is InChI=1S/C16H21N5/c1-11-9-15(20-17)19-16(18-11)10-21-12(2)7-8-13-5-3-4-6-14(13)21/h3-6,9,12H,7-8,10,17H2,1-2H3,(H,18,19,20). The van der Waals surface area contributed by atoms with Crippen molar-refractivity contribution in [3.63, 3.8) is 0 Å². The number of fused-ring (bicyclic) bond motifs is 1. The average molecular weight is 283 g/mol. The van der Waals surface area contributed by atoms with Gasteiger partial charge < -0.3 is 10.3 Å². The summed E-state index contributed by atoms with van der Waals surface area (Å²) in [4.78, 5) is 11.4. The summed E-state index contributed by atoms with van der Waals surface area (Å²) in [5, 5.41) is 0. The van der Waals surface area contributed by atoms with E-state index in [1.807, 2.05) is 13.0 Å². The van der Waals surface area contributed by atoms with Gasteiger partial charge in [-0.25, -0.2) is 15.8 Å². The van der Waals surface area contributed by atoms with Crippen LogP contribution in [0.15, 0.2) is 30.3 Å². The third-order valence-electron chi connectivity index (χ3n) is 4.02. The van der Waals surface area contributed by atoms with Gasteiger partial charge in [0.25, 0.3) is 0 Å². The van der Waals surface area contributed by atoms with E-state index in [2.05, 4.69) is 51.5 Å². The van der Waals surface area contributed by atoms with Gasteiger partial charge in [0.1, 0.15) is 11.6 Å². The van der Waals surface area contributed by atoms with Crippen molar-refractivity contribution in [3.8, 4) is 0 Å². The summed E-state index contributed by atoms with van der Waals surface area (Å²) in [5.41, 5.74) is 6.23. The van der Waals surface area contributed by atoms with Gasteiger partial charge in [-0.3, -0.25) is 0 Å². The van der Waals surface area contributed by atoms with Gasteiger partial charge in [0.15, 0.2) is 0 Å². The maximum Gasteiger partial charge on any atom is 0.150 e. The van der Waals surface area contributed by atoms with Crippen LogP contribution in [0.3, 0.4) is 0 Å². The minimum Gasteiger partial charge on any atom is -0.361 e. The molecule has 1 unspecified atom stereocenters. The minimum atomic E-state index is 0.485. The molecule has 3 N–H and O–H groups in total. The number of aryl methyl sites for hydroxylation is 2. The highest BCUT2D eigenvalue weighted by Crippen LogP contribution is 2.31. The monoisotopic (exact) mass is 283 g/mol. The van der Waals surface area contributed by atoms with Crippen molar-refractivity contribution in [1.82, 2.24) is 9.97 Å². The predicted molar refractivity (Wildman–Crippen MR) is 85.0 cm³/mol. The average Bonchev–Trinajstić information content (AvgIpc) is 2.49. The second kappa shape index (κ2) is 5.69. The Labute approximate surface area is 125 Å². The number of hydrazine groups is 1. The number of hydrogen-bond acceptors (Lipinski definition) is 5. The normalized spacial score (nSPS) is 17.5. The molecule has 5 heteroatoms. The molecule has 0 saturated carbocycles. The van der Waals surface area contributed by atoms with Crippen molar-refractivity contribution in [3.05, 3.63) is 47.4 Å². The molecule has 3 rings (SSSR count). The van der Waals surface area contributed by atoms with Crippen molar-refractivity contribution < 1.29 is 0 Å². The van der Waals surface area contributed by atoms with Crippen LogP contribution in [0.25, 0.3) is 0 Å². The van der Waals surface area contributed by atoms with Crippen LogP contribution in [-0.2, 0) is 13.0 Å². The van der Waals surface area contributed by atoms with Crippen LogP contribution in [0.5, 0.6) is 0 Å². The number of benzene rings is 1. The number of nitrogen functional groups attached to an aromatic ring is 1. The number of aromatic nitrogens is 2. The van der Waals surface area contributed by atoms with Gasteiger partial charge >= 0.3 is 0 Å². The van der Waals surface area contributed by atoms with E-state index in [-0.39, 0.29) is 0 Å². The summed E-state index contributed by atoms with van der Waals surface area (Å²) < 4.78 is 0. The fourth-order valence-corrected chi connectivity index (χ4v) is 2.93. The molecule has 0 spiro atoms. The second-order valence-corrected chi connectivity index (χ2v) is 5.60. The zero-order chi connectivity index (χ0) is 14.8. The first-order valence-corrected chi connectivity index (χ1v) is 7.33. The lowest BCUT2D eigenvalue weighted by Gasteiger charge is -2.36. The Bertz CT molecular complexity index is 640. The molecule has 0 fully saturated rings. The van der Waals surface area contributed by atoms with E-state index >= 15 is 0 Å². The Morgan fingerprint density at radius 2 is 2.14 bits per heavy atom. The van der Waals surface area contributed by atoms with Gasteiger partial charge in [-0.05, 0) is 38.3 Å². The number of anilines is 2. The van der Waals surface area contributed by atoms with Gasteiger partial charge in [0.2, 0.25) is 0 Å². The van der Waals surface area contributed by atoms with E-state index in [1.165, 1.54) is 11.3 Å². The lowest BCUT2D eigenvalue weighted by atomic mass is 9.96. The number of hydrogen-bond donors (Lipinski definition) is 2. The molecule has 1 aromatic heterocycles. The van der Waals surface area contributed by atoms with E-state index in [9.17, 15) is 0 Å². The third kappa shape index (κ3) is 2.83. The Morgan fingerprint density at radius 3 is 2.95 bits per heavy atom. The molecule has 1 aliphatic heterocycles. The Kier molecular flexibility index (Phi) is 3.75. The fourth-order valence-electron chi connectivity index (χ4n) is 2.93. The van der Waals surface area contributed by atoms with Crippen LogP contribution < -0.4 is 16.2 Å². The molecule has 0 amide bonds. The van der Waals surface area contributed by atoms with Gasteiger partial charge in [-0.15, -0.1) is 0 Å². The first-order valence-electron chi connectivity index (χ1n) is 7.33. The number of para-hydroxylation sites is 1. The highest BCUT2D eigenvalue weighted by atomic mass is 15.3. The highest BCUT2D eigenvalue weighted by Gasteiger charge is 2.23. The molecule has 110 valence electrons. The molecule has 1 aliphatic rings. The van der Waals surface area contributed by atoms with Crippen LogP contribution in [0.2, 0.25) is 0 Å². The van der Waals surface area contributed by atoms with Crippen molar-refractivity contribution in [2.75, 3.05) is 10.3 Å². The predicted octanol–water partition coefficient (Wildman–Crippen LogP) is 2.41. The smallest absolute Gasteiger partial charge is 0.150 e. The van der Waals surface area contributed by atoms with E-state index in [4.69, 9.17) is 5.84 Å². The van der Waals surface area contributed by atoms with E-state index < -0.39 is 0 Å². The number of nitrogens with zero attached hydrogens (tertiary/aromatic N) is 3. The Hall–Kier alpha value is -2.14. The lowest BCUT2D eigenvalue weighted by molar-refractivity contribution is 0.551. The van der Waals surface area contributed by atoms with Crippen LogP contribution in [-0.4, -0.2) is 16.0 Å². The fraction of sp³-hybridized carbons (Fsp3) is 0.375.